The van der Waals surface area contributed by atoms with Crippen LogP contribution in [0.15, 0.2) is 17.0 Å². The van der Waals surface area contributed by atoms with Crippen LogP contribution in [-0.4, -0.2) is 25.4 Å². The van der Waals surface area contributed by atoms with E-state index in [1.54, 1.807) is 18.9 Å². The zero-order valence-corrected chi connectivity index (χ0v) is 11.3. The van der Waals surface area contributed by atoms with Crippen molar-refractivity contribution in [2.75, 3.05) is 19.9 Å². The van der Waals surface area contributed by atoms with Crippen molar-refractivity contribution in [2.24, 2.45) is 11.5 Å². The van der Waals surface area contributed by atoms with E-state index in [0.717, 1.165) is 25.0 Å². The van der Waals surface area contributed by atoms with Gasteiger partial charge in [0.15, 0.2) is 0 Å². The monoisotopic (exact) mass is 252 g/mol. The summed E-state index contributed by atoms with van der Waals surface area (Å²) < 4.78 is 5.44. The van der Waals surface area contributed by atoms with Crippen LogP contribution in [0, 0.1) is 0 Å². The minimum absolute atomic E-state index is 0.267. The predicted molar refractivity (Wildman–Crippen MR) is 72.8 cm³/mol. The Morgan fingerprint density at radius 3 is 2.76 bits per heavy atom. The van der Waals surface area contributed by atoms with Crippen LogP contribution in [0.1, 0.15) is 17.5 Å². The molecule has 0 bridgehead atoms. The van der Waals surface area contributed by atoms with Gasteiger partial charge >= 0.3 is 0 Å². The third-order valence-corrected chi connectivity index (χ3v) is 4.42. The van der Waals surface area contributed by atoms with Crippen molar-refractivity contribution >= 4 is 11.8 Å². The van der Waals surface area contributed by atoms with Gasteiger partial charge in [-0.1, -0.05) is 0 Å². The van der Waals surface area contributed by atoms with E-state index in [0.29, 0.717) is 6.54 Å². The van der Waals surface area contributed by atoms with Gasteiger partial charge in [-0.05, 0) is 43.2 Å². The van der Waals surface area contributed by atoms with Gasteiger partial charge in [-0.3, -0.25) is 0 Å². The minimum atomic E-state index is -0.267. The maximum absolute atomic E-state index is 6.30. The smallest absolute Gasteiger partial charge is 0.122 e. The van der Waals surface area contributed by atoms with Crippen molar-refractivity contribution in [2.45, 2.75) is 29.7 Å². The first kappa shape index (κ1) is 12.7. The van der Waals surface area contributed by atoms with Gasteiger partial charge in [0, 0.05) is 22.5 Å². The second-order valence-corrected chi connectivity index (χ2v) is 5.52. The third-order valence-electron chi connectivity index (χ3n) is 3.59. The average Bonchev–Trinajstić information content (AvgIpc) is 2.37. The number of rotatable bonds is 3. The van der Waals surface area contributed by atoms with E-state index >= 15 is 0 Å². The third kappa shape index (κ3) is 2.30. The molecule has 0 aromatic heterocycles. The molecule has 2 rings (SSSR count). The Bertz CT molecular complexity index is 422. The molecule has 0 unspecified atom stereocenters. The number of methoxy groups -OCH3 is 1. The fraction of sp³-hybridized carbons (Fsp3) is 0.538. The first-order valence-electron chi connectivity index (χ1n) is 5.85. The number of fused-ring (bicyclic) bond motifs is 1. The van der Waals surface area contributed by atoms with Crippen LogP contribution in [0.3, 0.4) is 0 Å². The van der Waals surface area contributed by atoms with E-state index in [1.165, 1.54) is 16.0 Å². The minimum Gasteiger partial charge on any atom is -0.496 e. The molecule has 0 saturated heterocycles. The van der Waals surface area contributed by atoms with Crippen LogP contribution >= 0.6 is 11.8 Å². The molecular weight excluding hydrogens is 232 g/mol. The van der Waals surface area contributed by atoms with Crippen molar-refractivity contribution in [1.29, 1.82) is 0 Å². The van der Waals surface area contributed by atoms with Gasteiger partial charge in [-0.25, -0.2) is 0 Å². The van der Waals surface area contributed by atoms with Gasteiger partial charge in [-0.15, -0.1) is 11.8 Å². The lowest BCUT2D eigenvalue weighted by Gasteiger charge is -2.35. The Labute approximate surface area is 107 Å². The van der Waals surface area contributed by atoms with E-state index in [4.69, 9.17) is 16.2 Å². The summed E-state index contributed by atoms with van der Waals surface area (Å²) in [4.78, 5) is 1.33. The maximum atomic E-state index is 6.30. The topological polar surface area (TPSA) is 61.3 Å². The van der Waals surface area contributed by atoms with E-state index < -0.39 is 0 Å². The van der Waals surface area contributed by atoms with Crippen molar-refractivity contribution in [3.63, 3.8) is 0 Å². The highest BCUT2D eigenvalue weighted by molar-refractivity contribution is 7.98. The summed E-state index contributed by atoms with van der Waals surface area (Å²) in [5.74, 6) is 0.945. The molecule has 3 nitrogen and oxygen atoms in total. The standard InChI is InChI=1S/C13H20N2OS/c1-16-11-3-4-12(17-2)9-5-6-13(15,8-14)7-10(9)11/h3-4H,5-8,14-15H2,1-2H3/t13-/m1/s1. The van der Waals surface area contributed by atoms with Crippen LogP contribution < -0.4 is 16.2 Å². The molecule has 0 saturated carbocycles. The Kier molecular flexibility index (Phi) is 3.66. The number of nitrogens with two attached hydrogens (primary N) is 2. The quantitative estimate of drug-likeness (QED) is 0.802. The average molecular weight is 252 g/mol. The molecule has 0 spiro atoms. The van der Waals surface area contributed by atoms with Crippen molar-refractivity contribution in [3.05, 3.63) is 23.3 Å². The summed E-state index contributed by atoms with van der Waals surface area (Å²) in [5.41, 5.74) is 14.5. The van der Waals surface area contributed by atoms with E-state index in [1.807, 2.05) is 6.07 Å². The van der Waals surface area contributed by atoms with Crippen LogP contribution in [0.5, 0.6) is 5.75 Å². The second-order valence-electron chi connectivity index (χ2n) is 4.67. The van der Waals surface area contributed by atoms with E-state index in [-0.39, 0.29) is 5.54 Å². The molecule has 17 heavy (non-hydrogen) atoms. The van der Waals surface area contributed by atoms with E-state index in [9.17, 15) is 0 Å². The van der Waals surface area contributed by atoms with Crippen LogP contribution in [0.2, 0.25) is 0 Å². The Morgan fingerprint density at radius 1 is 1.41 bits per heavy atom. The largest absolute Gasteiger partial charge is 0.496 e. The number of hydrogen-bond acceptors (Lipinski definition) is 4. The highest BCUT2D eigenvalue weighted by atomic mass is 32.2. The van der Waals surface area contributed by atoms with Crippen LogP contribution in [-0.2, 0) is 12.8 Å². The highest BCUT2D eigenvalue weighted by Crippen LogP contribution is 2.38. The Hall–Kier alpha value is -0.710. The molecule has 0 heterocycles. The summed E-state index contributed by atoms with van der Waals surface area (Å²) in [7, 11) is 1.71. The predicted octanol–water partition coefficient (Wildman–Crippen LogP) is 1.56. The molecule has 1 aromatic carbocycles. The summed E-state index contributed by atoms with van der Waals surface area (Å²) in [6.45, 7) is 0.527. The molecule has 4 N–H and O–H groups in total. The molecule has 1 aromatic rings. The molecule has 0 amide bonds. The fourth-order valence-electron chi connectivity index (χ4n) is 2.49. The lowest BCUT2D eigenvalue weighted by atomic mass is 9.78. The van der Waals surface area contributed by atoms with E-state index in [2.05, 4.69) is 12.3 Å². The maximum Gasteiger partial charge on any atom is 0.122 e. The fourth-order valence-corrected chi connectivity index (χ4v) is 3.16. The normalized spacial score (nSPS) is 23.3. The first-order chi connectivity index (χ1) is 8.13. The zero-order chi connectivity index (χ0) is 12.5. The number of ether oxygens (including phenoxy) is 1. The van der Waals surface area contributed by atoms with Crippen molar-refractivity contribution in [1.82, 2.24) is 0 Å². The molecule has 1 aliphatic carbocycles. The summed E-state index contributed by atoms with van der Waals surface area (Å²) in [6.07, 6.45) is 4.87. The number of thioether (sulfide) groups is 1. The SMILES string of the molecule is COc1ccc(SC)c2c1C[C@@](N)(CN)CC2. The number of benzene rings is 1. The summed E-state index contributed by atoms with van der Waals surface area (Å²) in [5, 5.41) is 0. The molecule has 1 atom stereocenters. The molecule has 0 aliphatic heterocycles. The lowest BCUT2D eigenvalue weighted by molar-refractivity contribution is 0.357. The van der Waals surface area contributed by atoms with Gasteiger partial charge < -0.3 is 16.2 Å². The van der Waals surface area contributed by atoms with Gasteiger partial charge in [0.2, 0.25) is 0 Å². The van der Waals surface area contributed by atoms with Gasteiger partial charge in [0.05, 0.1) is 7.11 Å². The zero-order valence-electron chi connectivity index (χ0n) is 10.5. The molecule has 4 heteroatoms. The highest BCUT2D eigenvalue weighted by Gasteiger charge is 2.32. The molecule has 0 fully saturated rings. The van der Waals surface area contributed by atoms with Crippen molar-refractivity contribution < 1.29 is 4.74 Å². The van der Waals surface area contributed by atoms with Crippen LogP contribution in [0.4, 0.5) is 0 Å². The molecule has 1 aliphatic rings. The van der Waals surface area contributed by atoms with Gasteiger partial charge in [-0.2, -0.15) is 0 Å². The summed E-state index contributed by atoms with van der Waals surface area (Å²) in [6, 6.07) is 4.17. The summed E-state index contributed by atoms with van der Waals surface area (Å²) >= 11 is 1.78. The van der Waals surface area contributed by atoms with Gasteiger partial charge in [0.25, 0.3) is 0 Å². The van der Waals surface area contributed by atoms with Gasteiger partial charge in [0.1, 0.15) is 5.75 Å². The molecular formula is C13H20N2OS. The Balaban J connectivity index is 2.47. The first-order valence-corrected chi connectivity index (χ1v) is 7.07. The van der Waals surface area contributed by atoms with Crippen LogP contribution in [0.25, 0.3) is 0 Å². The second kappa shape index (κ2) is 4.88. The lowest BCUT2D eigenvalue weighted by Crippen LogP contribution is -2.51. The Morgan fingerprint density at radius 2 is 2.18 bits per heavy atom. The number of hydrogen-bond donors (Lipinski definition) is 2. The van der Waals surface area contributed by atoms with Crippen molar-refractivity contribution in [3.8, 4) is 5.75 Å². The molecule has 0 radical (unpaired) electrons. The molecule has 94 valence electrons.